The monoisotopic (exact) mass is 569 g/mol. The third kappa shape index (κ3) is 19.1. The first kappa shape index (κ1) is 37.4. The van der Waals surface area contributed by atoms with E-state index < -0.39 is 6.10 Å². The Hall–Kier alpha value is -1.63. The number of ether oxygens (including phenoxy) is 2. The topological polar surface area (TPSA) is 84.9 Å². The number of hydrogen-bond donors (Lipinski definition) is 2. The summed E-state index contributed by atoms with van der Waals surface area (Å²) in [6.07, 6.45) is 15.5. The normalized spacial score (nSPS) is 12.1. The Labute approximate surface area is 244 Å². The van der Waals surface area contributed by atoms with Crippen molar-refractivity contribution < 1.29 is 24.2 Å². The summed E-state index contributed by atoms with van der Waals surface area (Å²) in [5.74, 6) is -0.253. The third-order valence-corrected chi connectivity index (χ3v) is 6.59. The fraction of sp³-hybridized carbons (Fsp3) is 0.750. The van der Waals surface area contributed by atoms with Gasteiger partial charge in [0.1, 0.15) is 0 Å². The molecule has 0 aliphatic carbocycles. The van der Waals surface area contributed by atoms with Crippen LogP contribution in [0.1, 0.15) is 149 Å². The second-order valence-electron chi connectivity index (χ2n) is 11.5. The Morgan fingerprint density at radius 1 is 0.744 bits per heavy atom. The molecule has 1 unspecified atom stereocenters. The minimum atomic E-state index is -0.785. The predicted octanol–water partition coefficient (Wildman–Crippen LogP) is 8.62. The average Bonchev–Trinajstić information content (AvgIpc) is 2.86. The number of unbranched alkanes of at least 4 members (excludes halogenated alkanes) is 12. The van der Waals surface area contributed by atoms with Gasteiger partial charge in [0.25, 0.3) is 0 Å². The van der Waals surface area contributed by atoms with Crippen molar-refractivity contribution >= 4 is 24.3 Å². The second-order valence-corrected chi connectivity index (χ2v) is 11.5. The Bertz CT molecular complexity index is 793. The average molecular weight is 570 g/mol. The van der Waals surface area contributed by atoms with E-state index in [2.05, 4.69) is 19.2 Å². The molecule has 7 heteroatoms. The van der Waals surface area contributed by atoms with E-state index in [0.717, 1.165) is 38.5 Å². The lowest BCUT2D eigenvalue weighted by Crippen LogP contribution is -2.38. The van der Waals surface area contributed by atoms with E-state index in [9.17, 15) is 14.7 Å². The number of benzene rings is 1. The van der Waals surface area contributed by atoms with Crippen molar-refractivity contribution in [2.45, 2.75) is 149 Å². The quantitative estimate of drug-likeness (QED) is 0.0875. The molecule has 0 aliphatic heterocycles. The van der Waals surface area contributed by atoms with Crippen LogP contribution in [0.2, 0.25) is 0 Å². The molecule has 1 rings (SSSR count). The molecular formula is C32H56ClNO5. The van der Waals surface area contributed by atoms with Crippen LogP contribution in [-0.4, -0.2) is 29.1 Å². The van der Waals surface area contributed by atoms with E-state index >= 15 is 0 Å². The van der Waals surface area contributed by atoms with Crippen molar-refractivity contribution in [1.29, 1.82) is 0 Å². The molecule has 0 aliphatic rings. The van der Waals surface area contributed by atoms with E-state index in [-0.39, 0.29) is 41.4 Å². The molecule has 0 aromatic heterocycles. The highest BCUT2D eigenvalue weighted by molar-refractivity contribution is 5.85. The molecule has 39 heavy (non-hydrogen) atoms. The van der Waals surface area contributed by atoms with Crippen LogP contribution >= 0.6 is 12.4 Å². The van der Waals surface area contributed by atoms with Crippen molar-refractivity contribution in [3.05, 3.63) is 23.8 Å². The molecule has 226 valence electrons. The standard InChI is InChI=1S/C32H55NO5.ClH/c1-6-8-10-12-14-16-18-20-30(35)37-28-23-22-26(27(34)25-33-32(3,4)5)24-29(28)38-31(36)21-19-17-15-13-11-9-7-2;/h22-24,27,33-34H,6-21,25H2,1-5H3;1H. The van der Waals surface area contributed by atoms with E-state index in [1.165, 1.54) is 51.4 Å². The number of carbonyl (C=O) groups excluding carboxylic acids is 2. The van der Waals surface area contributed by atoms with Crippen LogP contribution in [0.25, 0.3) is 0 Å². The first-order valence-corrected chi connectivity index (χ1v) is 15.1. The SMILES string of the molecule is CCCCCCCCCC(=O)Oc1ccc(C(O)CNC(C)(C)C)cc1OC(=O)CCCCCCCCC.Cl. The van der Waals surface area contributed by atoms with Crippen LogP contribution < -0.4 is 14.8 Å². The highest BCUT2D eigenvalue weighted by Gasteiger charge is 2.19. The number of halogens is 1. The van der Waals surface area contributed by atoms with Gasteiger partial charge in [-0.1, -0.05) is 97.0 Å². The van der Waals surface area contributed by atoms with Crippen LogP contribution in [-0.2, 0) is 9.59 Å². The molecule has 0 heterocycles. The Morgan fingerprint density at radius 3 is 1.64 bits per heavy atom. The van der Waals surface area contributed by atoms with Crippen molar-refractivity contribution in [2.24, 2.45) is 0 Å². The van der Waals surface area contributed by atoms with Gasteiger partial charge >= 0.3 is 11.9 Å². The molecule has 0 bridgehead atoms. The van der Waals surface area contributed by atoms with Gasteiger partial charge in [0.05, 0.1) is 6.10 Å². The van der Waals surface area contributed by atoms with Gasteiger partial charge in [0.2, 0.25) is 0 Å². The van der Waals surface area contributed by atoms with Gasteiger partial charge in [-0.15, -0.1) is 12.4 Å². The number of carbonyl (C=O) groups is 2. The van der Waals surface area contributed by atoms with Gasteiger partial charge in [0.15, 0.2) is 11.5 Å². The number of hydrogen-bond acceptors (Lipinski definition) is 6. The van der Waals surface area contributed by atoms with Crippen molar-refractivity contribution in [2.75, 3.05) is 6.54 Å². The lowest BCUT2D eigenvalue weighted by atomic mass is 10.1. The van der Waals surface area contributed by atoms with Crippen molar-refractivity contribution in [3.63, 3.8) is 0 Å². The molecule has 1 atom stereocenters. The van der Waals surface area contributed by atoms with E-state index in [1.54, 1.807) is 18.2 Å². The largest absolute Gasteiger partial charge is 0.423 e. The molecule has 6 nitrogen and oxygen atoms in total. The lowest BCUT2D eigenvalue weighted by molar-refractivity contribution is -0.137. The first-order chi connectivity index (χ1) is 18.2. The summed E-state index contributed by atoms with van der Waals surface area (Å²) in [6, 6.07) is 4.96. The zero-order valence-corrected chi connectivity index (χ0v) is 26.1. The number of esters is 2. The van der Waals surface area contributed by atoms with Crippen LogP contribution in [0.5, 0.6) is 11.5 Å². The summed E-state index contributed by atoms with van der Waals surface area (Å²) < 4.78 is 11.3. The van der Waals surface area contributed by atoms with Gasteiger partial charge in [-0.25, -0.2) is 0 Å². The number of aliphatic hydroxyl groups is 1. The van der Waals surface area contributed by atoms with Crippen LogP contribution in [0, 0.1) is 0 Å². The van der Waals surface area contributed by atoms with E-state index in [1.807, 2.05) is 20.8 Å². The molecular weight excluding hydrogens is 514 g/mol. The van der Waals surface area contributed by atoms with Gasteiger partial charge < -0.3 is 19.9 Å². The predicted molar refractivity (Wildman–Crippen MR) is 163 cm³/mol. The summed E-state index contributed by atoms with van der Waals surface area (Å²) >= 11 is 0. The van der Waals surface area contributed by atoms with Crippen molar-refractivity contribution in [3.8, 4) is 11.5 Å². The van der Waals surface area contributed by atoms with E-state index in [4.69, 9.17) is 9.47 Å². The fourth-order valence-corrected chi connectivity index (χ4v) is 4.22. The molecule has 1 aromatic carbocycles. The molecule has 0 saturated carbocycles. The van der Waals surface area contributed by atoms with Gasteiger partial charge in [-0.3, -0.25) is 9.59 Å². The molecule has 0 saturated heterocycles. The summed E-state index contributed by atoms with van der Waals surface area (Å²) in [6.45, 7) is 10.9. The molecule has 0 radical (unpaired) electrons. The van der Waals surface area contributed by atoms with Crippen LogP contribution in [0.3, 0.4) is 0 Å². The third-order valence-electron chi connectivity index (χ3n) is 6.59. The maximum atomic E-state index is 12.6. The van der Waals surface area contributed by atoms with Crippen LogP contribution in [0.4, 0.5) is 0 Å². The number of aliphatic hydroxyl groups excluding tert-OH is 1. The minimum absolute atomic E-state index is 0. The van der Waals surface area contributed by atoms with Gasteiger partial charge in [-0.05, 0) is 51.3 Å². The summed E-state index contributed by atoms with van der Waals surface area (Å²) in [5, 5.41) is 14.0. The molecule has 0 spiro atoms. The molecule has 0 amide bonds. The second kappa shape index (κ2) is 22.1. The van der Waals surface area contributed by atoms with Crippen LogP contribution in [0.15, 0.2) is 18.2 Å². The summed E-state index contributed by atoms with van der Waals surface area (Å²) in [5.41, 5.74) is 0.463. The number of β-amino-alcohol motifs (C(OH)–C–C–N with tert-alkyl or cyclic N) is 1. The zero-order chi connectivity index (χ0) is 28.2. The van der Waals surface area contributed by atoms with Gasteiger partial charge in [0, 0.05) is 24.9 Å². The summed E-state index contributed by atoms with van der Waals surface area (Å²) in [4.78, 5) is 25.1. The Kier molecular flexibility index (Phi) is 21.2. The highest BCUT2D eigenvalue weighted by atomic mass is 35.5. The van der Waals surface area contributed by atoms with E-state index in [0.29, 0.717) is 24.9 Å². The highest BCUT2D eigenvalue weighted by Crippen LogP contribution is 2.32. The molecule has 2 N–H and O–H groups in total. The molecule has 1 aromatic rings. The maximum Gasteiger partial charge on any atom is 0.311 e. The first-order valence-electron chi connectivity index (χ1n) is 15.1. The smallest absolute Gasteiger partial charge is 0.311 e. The molecule has 0 fully saturated rings. The lowest BCUT2D eigenvalue weighted by Gasteiger charge is -2.23. The van der Waals surface area contributed by atoms with Gasteiger partial charge in [-0.2, -0.15) is 0 Å². The minimum Gasteiger partial charge on any atom is -0.423 e. The maximum absolute atomic E-state index is 12.6. The fourth-order valence-electron chi connectivity index (χ4n) is 4.22. The Morgan fingerprint density at radius 2 is 1.18 bits per heavy atom. The zero-order valence-electron chi connectivity index (χ0n) is 25.3. The number of nitrogens with one attached hydrogen (secondary N) is 1. The summed E-state index contributed by atoms with van der Waals surface area (Å²) in [7, 11) is 0. The van der Waals surface area contributed by atoms with Crippen molar-refractivity contribution in [1.82, 2.24) is 5.32 Å². The Balaban J connectivity index is 0.0000144. The number of rotatable bonds is 21.